The van der Waals surface area contributed by atoms with Crippen LogP contribution in [-0.4, -0.2) is 21.0 Å². The van der Waals surface area contributed by atoms with Crippen molar-refractivity contribution in [2.75, 3.05) is 0 Å². The second kappa shape index (κ2) is 3.02. The van der Waals surface area contributed by atoms with E-state index < -0.39 is 0 Å². The molecule has 0 fully saturated rings. The highest BCUT2D eigenvalue weighted by Gasteiger charge is 2.19. The number of allylic oxidation sites excluding steroid dienone is 1. The second-order valence-electron chi connectivity index (χ2n) is 2.92. The summed E-state index contributed by atoms with van der Waals surface area (Å²) in [6.07, 6.45) is 8.09. The zero-order valence-electron chi connectivity index (χ0n) is 7.21. The van der Waals surface area contributed by atoms with Crippen LogP contribution in [0.25, 0.3) is 0 Å². The lowest BCUT2D eigenvalue weighted by atomic mass is 10.2. The number of nitrogens with zero attached hydrogens (tertiary/aromatic N) is 4. The Bertz CT molecular complexity index is 475. The van der Waals surface area contributed by atoms with E-state index in [0.29, 0.717) is 0 Å². The maximum Gasteiger partial charge on any atom is 0.123 e. The molecule has 1 aromatic heterocycles. The first kappa shape index (κ1) is 7.87. The van der Waals surface area contributed by atoms with Crippen LogP contribution in [-0.2, 0) is 0 Å². The Balaban J connectivity index is 2.15. The van der Waals surface area contributed by atoms with E-state index in [1.54, 1.807) is 24.2 Å². The van der Waals surface area contributed by atoms with Gasteiger partial charge < -0.3 is 0 Å². The molecule has 0 unspecified atom stereocenters. The van der Waals surface area contributed by atoms with Crippen LogP contribution in [0.4, 0.5) is 5.69 Å². The molecule has 0 bridgehead atoms. The van der Waals surface area contributed by atoms with E-state index in [9.17, 15) is 0 Å². The van der Waals surface area contributed by atoms with Gasteiger partial charge in [0.15, 0.2) is 0 Å². The Labute approximate surface area is 84.9 Å². The normalized spacial score (nSPS) is 18.0. The van der Waals surface area contributed by atoms with Crippen molar-refractivity contribution in [3.8, 4) is 0 Å². The maximum atomic E-state index is 4.48. The van der Waals surface area contributed by atoms with Crippen LogP contribution < -0.4 is 0 Å². The standard InChI is InChI=1S/C9H6N4S/c1-2-6-9(10-3-1)14-8-5-12-11-4-7(8)13-6/h1,3-5H,2H2. The van der Waals surface area contributed by atoms with Gasteiger partial charge in [0.25, 0.3) is 0 Å². The van der Waals surface area contributed by atoms with Gasteiger partial charge >= 0.3 is 0 Å². The predicted octanol–water partition coefficient (Wildman–Crippen LogP) is 1.97. The fraction of sp³-hybridized carbons (Fsp3) is 0.111. The fourth-order valence-electron chi connectivity index (χ4n) is 1.34. The van der Waals surface area contributed by atoms with Crippen LogP contribution >= 0.6 is 11.8 Å². The third-order valence-electron chi connectivity index (χ3n) is 1.99. The average Bonchev–Trinajstić information content (AvgIpc) is 2.26. The van der Waals surface area contributed by atoms with E-state index in [1.807, 2.05) is 12.3 Å². The first-order valence-electron chi connectivity index (χ1n) is 4.23. The molecule has 5 heteroatoms. The molecule has 0 radical (unpaired) electrons. The molecule has 0 atom stereocenters. The van der Waals surface area contributed by atoms with Gasteiger partial charge in [0.2, 0.25) is 0 Å². The molecular weight excluding hydrogens is 196 g/mol. The number of thioether (sulfide) groups is 1. The van der Waals surface area contributed by atoms with E-state index in [1.165, 1.54) is 0 Å². The number of aromatic nitrogens is 2. The SMILES string of the molecule is C1=CN=C2Sc3cnncc3N=C2C1. The highest BCUT2D eigenvalue weighted by molar-refractivity contribution is 8.16. The lowest BCUT2D eigenvalue weighted by molar-refractivity contribution is 0.994. The number of fused-ring (bicyclic) bond motifs is 2. The molecule has 14 heavy (non-hydrogen) atoms. The number of aliphatic imine (C=N–C) groups is 2. The molecule has 2 aliphatic heterocycles. The summed E-state index contributed by atoms with van der Waals surface area (Å²) in [4.78, 5) is 9.77. The van der Waals surface area contributed by atoms with E-state index in [0.717, 1.165) is 27.8 Å². The monoisotopic (exact) mass is 202 g/mol. The minimum absolute atomic E-state index is 0.855. The van der Waals surface area contributed by atoms with Crippen molar-refractivity contribution < 1.29 is 0 Å². The molecule has 4 nitrogen and oxygen atoms in total. The quantitative estimate of drug-likeness (QED) is 0.646. The maximum absolute atomic E-state index is 4.48. The molecule has 0 aliphatic carbocycles. The lowest BCUT2D eigenvalue weighted by Crippen LogP contribution is -2.14. The first-order valence-corrected chi connectivity index (χ1v) is 5.04. The third-order valence-corrected chi connectivity index (χ3v) is 3.06. The molecule has 1 aromatic rings. The first-order chi connectivity index (χ1) is 6.93. The van der Waals surface area contributed by atoms with Crippen LogP contribution in [0.5, 0.6) is 0 Å². The van der Waals surface area contributed by atoms with Crippen molar-refractivity contribution in [2.24, 2.45) is 9.98 Å². The zero-order chi connectivity index (χ0) is 9.38. The Morgan fingerprint density at radius 2 is 2.14 bits per heavy atom. The summed E-state index contributed by atoms with van der Waals surface area (Å²) in [5.41, 5.74) is 1.92. The Morgan fingerprint density at radius 3 is 3.14 bits per heavy atom. The summed E-state index contributed by atoms with van der Waals surface area (Å²) in [5.74, 6) is 0. The lowest BCUT2D eigenvalue weighted by Gasteiger charge is -2.16. The minimum Gasteiger partial charge on any atom is -0.248 e. The zero-order valence-corrected chi connectivity index (χ0v) is 8.03. The predicted molar refractivity (Wildman–Crippen MR) is 56.2 cm³/mol. The van der Waals surface area contributed by atoms with Gasteiger partial charge in [0.05, 0.1) is 28.7 Å². The summed E-state index contributed by atoms with van der Waals surface area (Å²) in [6.45, 7) is 0. The Hall–Kier alpha value is -1.49. The van der Waals surface area contributed by atoms with Gasteiger partial charge in [-0.1, -0.05) is 17.8 Å². The van der Waals surface area contributed by atoms with Crippen molar-refractivity contribution in [3.05, 3.63) is 24.7 Å². The van der Waals surface area contributed by atoms with Gasteiger partial charge in [-0.05, 0) is 0 Å². The van der Waals surface area contributed by atoms with E-state index in [2.05, 4.69) is 20.2 Å². The molecule has 0 saturated heterocycles. The topological polar surface area (TPSA) is 50.5 Å². The molecule has 0 saturated carbocycles. The fourth-order valence-corrected chi connectivity index (χ4v) is 2.21. The molecular formula is C9H6N4S. The molecule has 2 aliphatic rings. The van der Waals surface area contributed by atoms with Gasteiger partial charge in [-0.2, -0.15) is 10.2 Å². The Morgan fingerprint density at radius 1 is 1.21 bits per heavy atom. The molecule has 0 amide bonds. The summed E-state index contributed by atoms with van der Waals surface area (Å²) in [7, 11) is 0. The molecule has 3 heterocycles. The summed E-state index contributed by atoms with van der Waals surface area (Å²) in [5, 5.41) is 8.61. The van der Waals surface area contributed by atoms with Crippen molar-refractivity contribution in [2.45, 2.75) is 11.3 Å². The van der Waals surface area contributed by atoms with Crippen molar-refractivity contribution in [1.29, 1.82) is 0 Å². The van der Waals surface area contributed by atoms with Crippen molar-refractivity contribution in [1.82, 2.24) is 10.2 Å². The smallest absolute Gasteiger partial charge is 0.123 e. The number of hydrogen-bond acceptors (Lipinski definition) is 5. The van der Waals surface area contributed by atoms with Gasteiger partial charge in [0, 0.05) is 12.6 Å². The molecule has 0 N–H and O–H groups in total. The molecule has 0 aromatic carbocycles. The van der Waals surface area contributed by atoms with E-state index in [4.69, 9.17) is 0 Å². The molecule has 3 rings (SSSR count). The van der Waals surface area contributed by atoms with Crippen LogP contribution in [0, 0.1) is 0 Å². The van der Waals surface area contributed by atoms with Gasteiger partial charge in [-0.25, -0.2) is 9.98 Å². The van der Waals surface area contributed by atoms with E-state index in [-0.39, 0.29) is 0 Å². The molecule has 0 spiro atoms. The van der Waals surface area contributed by atoms with Crippen LogP contribution in [0.3, 0.4) is 0 Å². The minimum atomic E-state index is 0.855. The summed E-state index contributed by atoms with van der Waals surface area (Å²) < 4.78 is 0. The largest absolute Gasteiger partial charge is 0.248 e. The van der Waals surface area contributed by atoms with Gasteiger partial charge in [0.1, 0.15) is 5.04 Å². The van der Waals surface area contributed by atoms with Gasteiger partial charge in [-0.15, -0.1) is 0 Å². The van der Waals surface area contributed by atoms with Crippen LogP contribution in [0.1, 0.15) is 6.42 Å². The van der Waals surface area contributed by atoms with Crippen molar-refractivity contribution in [3.63, 3.8) is 0 Å². The highest BCUT2D eigenvalue weighted by atomic mass is 32.2. The van der Waals surface area contributed by atoms with Crippen molar-refractivity contribution >= 4 is 28.2 Å². The summed E-state index contributed by atoms with van der Waals surface area (Å²) in [6, 6.07) is 0. The average molecular weight is 202 g/mol. The molecule has 68 valence electrons. The van der Waals surface area contributed by atoms with Crippen LogP contribution in [0.15, 0.2) is 39.5 Å². The van der Waals surface area contributed by atoms with E-state index >= 15 is 0 Å². The van der Waals surface area contributed by atoms with Crippen LogP contribution in [0.2, 0.25) is 0 Å². The number of hydrogen-bond donors (Lipinski definition) is 0. The third kappa shape index (κ3) is 1.17. The Kier molecular flexibility index (Phi) is 1.70. The summed E-state index contributed by atoms with van der Waals surface area (Å²) >= 11 is 1.61. The van der Waals surface area contributed by atoms with Gasteiger partial charge in [-0.3, -0.25) is 0 Å². The highest BCUT2D eigenvalue weighted by Crippen LogP contribution is 2.35. The second-order valence-corrected chi connectivity index (χ2v) is 3.95. The number of rotatable bonds is 0.